The number of halogens is 1. The maximum atomic E-state index is 5.75. The number of hydrogen-bond acceptors (Lipinski definition) is 3. The first kappa shape index (κ1) is 16.1. The summed E-state index contributed by atoms with van der Waals surface area (Å²) in [6.07, 6.45) is 0. The molecule has 114 valence electrons. The summed E-state index contributed by atoms with van der Waals surface area (Å²) >= 11 is 3.43. The lowest BCUT2D eigenvalue weighted by molar-refractivity contribution is 0.267. The molecule has 2 aromatic rings. The van der Waals surface area contributed by atoms with E-state index in [1.807, 2.05) is 31.2 Å². The van der Waals surface area contributed by atoms with Gasteiger partial charge in [-0.25, -0.2) is 0 Å². The highest BCUT2D eigenvalue weighted by Crippen LogP contribution is 2.20. The molecule has 0 fully saturated rings. The zero-order chi connectivity index (χ0) is 15.2. The normalized spacial score (nSPS) is 11.1. The minimum absolute atomic E-state index is 0.446. The van der Waals surface area contributed by atoms with Crippen LogP contribution in [0, 0.1) is 12.8 Å². The van der Waals surface area contributed by atoms with Crippen molar-refractivity contribution in [1.29, 1.82) is 0 Å². The molecule has 21 heavy (non-hydrogen) atoms. The molecule has 3 nitrogen and oxygen atoms in total. The predicted molar refractivity (Wildman–Crippen MR) is 88.5 cm³/mol. The van der Waals surface area contributed by atoms with Crippen molar-refractivity contribution in [2.24, 2.45) is 5.92 Å². The molecular formula is C17H22BrNO2. The molecule has 0 aliphatic carbocycles. The monoisotopic (exact) mass is 351 g/mol. The Morgan fingerprint density at radius 3 is 2.81 bits per heavy atom. The second-order valence-corrected chi connectivity index (χ2v) is 6.48. The van der Waals surface area contributed by atoms with Crippen molar-refractivity contribution >= 4 is 15.9 Å². The zero-order valence-electron chi connectivity index (χ0n) is 12.8. The van der Waals surface area contributed by atoms with Crippen LogP contribution in [0.2, 0.25) is 0 Å². The van der Waals surface area contributed by atoms with E-state index in [0.29, 0.717) is 12.5 Å². The van der Waals surface area contributed by atoms with Crippen LogP contribution in [0.4, 0.5) is 0 Å². The van der Waals surface area contributed by atoms with E-state index in [9.17, 15) is 0 Å². The number of aryl methyl sites for hydroxylation is 1. The van der Waals surface area contributed by atoms with Gasteiger partial charge in [-0.1, -0.05) is 35.8 Å². The number of hydrogen-bond donors (Lipinski definition) is 1. The summed E-state index contributed by atoms with van der Waals surface area (Å²) in [7, 11) is 0. The highest BCUT2D eigenvalue weighted by atomic mass is 79.9. The predicted octanol–water partition coefficient (Wildman–Crippen LogP) is 4.68. The molecule has 1 heterocycles. The van der Waals surface area contributed by atoms with Gasteiger partial charge < -0.3 is 14.5 Å². The summed E-state index contributed by atoms with van der Waals surface area (Å²) in [5.74, 6) is 3.29. The SMILES string of the molecule is Cc1oc(COc2cccc(Br)c2)cc1CNCC(C)C. The van der Waals surface area contributed by atoms with Crippen molar-refractivity contribution in [2.75, 3.05) is 6.54 Å². The van der Waals surface area contributed by atoms with Crippen LogP contribution in [0.5, 0.6) is 5.75 Å². The summed E-state index contributed by atoms with van der Waals surface area (Å²) in [5, 5.41) is 3.43. The summed E-state index contributed by atoms with van der Waals surface area (Å²) in [6, 6.07) is 9.88. The van der Waals surface area contributed by atoms with Gasteiger partial charge in [-0.05, 0) is 43.7 Å². The molecule has 0 aliphatic rings. The summed E-state index contributed by atoms with van der Waals surface area (Å²) < 4.78 is 12.5. The maximum absolute atomic E-state index is 5.75. The van der Waals surface area contributed by atoms with Crippen LogP contribution in [0.25, 0.3) is 0 Å². The third kappa shape index (κ3) is 5.21. The molecule has 0 radical (unpaired) electrons. The molecule has 0 saturated heterocycles. The average Bonchev–Trinajstić information content (AvgIpc) is 2.77. The van der Waals surface area contributed by atoms with Crippen LogP contribution in [0.3, 0.4) is 0 Å². The Hall–Kier alpha value is -1.26. The minimum Gasteiger partial charge on any atom is -0.486 e. The lowest BCUT2D eigenvalue weighted by Gasteiger charge is -2.05. The van der Waals surface area contributed by atoms with Crippen LogP contribution >= 0.6 is 15.9 Å². The second-order valence-electron chi connectivity index (χ2n) is 5.56. The van der Waals surface area contributed by atoms with Crippen LogP contribution in [0.15, 0.2) is 39.2 Å². The maximum Gasteiger partial charge on any atom is 0.146 e. The average molecular weight is 352 g/mol. The van der Waals surface area contributed by atoms with Crippen LogP contribution in [-0.2, 0) is 13.2 Å². The van der Waals surface area contributed by atoms with Crippen LogP contribution in [-0.4, -0.2) is 6.54 Å². The number of nitrogens with one attached hydrogen (secondary N) is 1. The Morgan fingerprint density at radius 2 is 2.10 bits per heavy atom. The van der Waals surface area contributed by atoms with E-state index >= 15 is 0 Å². The molecule has 1 N–H and O–H groups in total. The first-order valence-electron chi connectivity index (χ1n) is 7.22. The van der Waals surface area contributed by atoms with Gasteiger partial charge >= 0.3 is 0 Å². The molecule has 0 atom stereocenters. The lowest BCUT2D eigenvalue weighted by Crippen LogP contribution is -2.18. The van der Waals surface area contributed by atoms with E-state index in [2.05, 4.69) is 41.2 Å². The molecule has 0 spiro atoms. The van der Waals surface area contributed by atoms with E-state index in [1.165, 1.54) is 5.56 Å². The molecule has 0 bridgehead atoms. The zero-order valence-corrected chi connectivity index (χ0v) is 14.4. The quantitative estimate of drug-likeness (QED) is 0.786. The first-order chi connectivity index (χ1) is 10.0. The molecule has 4 heteroatoms. The van der Waals surface area contributed by atoms with E-state index in [-0.39, 0.29) is 0 Å². The van der Waals surface area contributed by atoms with Gasteiger partial charge in [0.2, 0.25) is 0 Å². The molecule has 2 rings (SSSR count). The van der Waals surface area contributed by atoms with Crippen molar-refractivity contribution in [2.45, 2.75) is 33.9 Å². The first-order valence-corrected chi connectivity index (χ1v) is 8.01. The Kier molecular flexibility index (Phi) is 5.88. The van der Waals surface area contributed by atoms with Gasteiger partial charge in [-0.2, -0.15) is 0 Å². The summed E-state index contributed by atoms with van der Waals surface area (Å²) in [4.78, 5) is 0. The molecular weight excluding hydrogens is 330 g/mol. The standard InChI is InChI=1S/C17H22BrNO2/c1-12(2)9-19-10-14-7-17(21-13(14)3)11-20-16-6-4-5-15(18)8-16/h4-8,12,19H,9-11H2,1-3H3. The molecule has 0 aliphatic heterocycles. The van der Waals surface area contributed by atoms with Gasteiger partial charge in [0.25, 0.3) is 0 Å². The van der Waals surface area contributed by atoms with E-state index in [4.69, 9.17) is 9.15 Å². The van der Waals surface area contributed by atoms with Gasteiger partial charge in [0.15, 0.2) is 0 Å². The van der Waals surface area contributed by atoms with E-state index in [0.717, 1.165) is 34.8 Å². The fraction of sp³-hybridized carbons (Fsp3) is 0.412. The third-order valence-corrected chi connectivity index (χ3v) is 3.61. The minimum atomic E-state index is 0.446. The van der Waals surface area contributed by atoms with Crippen molar-refractivity contribution in [1.82, 2.24) is 5.32 Å². The Labute approximate surface area is 134 Å². The highest BCUT2D eigenvalue weighted by molar-refractivity contribution is 9.10. The van der Waals surface area contributed by atoms with Gasteiger partial charge in [0.1, 0.15) is 23.9 Å². The van der Waals surface area contributed by atoms with E-state index in [1.54, 1.807) is 0 Å². The Morgan fingerprint density at radius 1 is 1.29 bits per heavy atom. The molecule has 0 unspecified atom stereocenters. The van der Waals surface area contributed by atoms with Crippen molar-refractivity contribution in [3.8, 4) is 5.75 Å². The fourth-order valence-electron chi connectivity index (χ4n) is 2.04. The third-order valence-electron chi connectivity index (χ3n) is 3.12. The van der Waals surface area contributed by atoms with Crippen molar-refractivity contribution in [3.63, 3.8) is 0 Å². The molecule has 0 saturated carbocycles. The van der Waals surface area contributed by atoms with Gasteiger partial charge in [0, 0.05) is 16.6 Å². The Bertz CT molecular complexity index is 578. The van der Waals surface area contributed by atoms with Gasteiger partial charge in [-0.15, -0.1) is 0 Å². The fourth-order valence-corrected chi connectivity index (χ4v) is 2.42. The molecule has 1 aromatic heterocycles. The summed E-state index contributed by atoms with van der Waals surface area (Å²) in [5.41, 5.74) is 1.20. The molecule has 0 amide bonds. The number of ether oxygens (including phenoxy) is 1. The topological polar surface area (TPSA) is 34.4 Å². The second kappa shape index (κ2) is 7.66. The van der Waals surface area contributed by atoms with Gasteiger partial charge in [0.05, 0.1) is 0 Å². The molecule has 1 aromatic carbocycles. The smallest absolute Gasteiger partial charge is 0.146 e. The Balaban J connectivity index is 1.89. The van der Waals surface area contributed by atoms with Gasteiger partial charge in [-0.3, -0.25) is 0 Å². The van der Waals surface area contributed by atoms with Crippen molar-refractivity contribution < 1.29 is 9.15 Å². The van der Waals surface area contributed by atoms with Crippen LogP contribution < -0.4 is 10.1 Å². The lowest BCUT2D eigenvalue weighted by atomic mass is 10.2. The number of rotatable bonds is 7. The van der Waals surface area contributed by atoms with Crippen LogP contribution in [0.1, 0.15) is 30.9 Å². The van der Waals surface area contributed by atoms with E-state index < -0.39 is 0 Å². The largest absolute Gasteiger partial charge is 0.486 e. The van der Waals surface area contributed by atoms with Crippen molar-refractivity contribution in [3.05, 3.63) is 51.9 Å². The summed E-state index contributed by atoms with van der Waals surface area (Å²) in [6.45, 7) is 8.69. The highest BCUT2D eigenvalue weighted by Gasteiger charge is 2.08. The number of furan rings is 1. The number of benzene rings is 1.